The third-order valence-electron chi connectivity index (χ3n) is 5.43. The second-order valence-electron chi connectivity index (χ2n) is 7.91. The maximum absolute atomic E-state index is 4.87. The zero-order valence-electron chi connectivity index (χ0n) is 18.8. The molecular formula is C30H23N3S. The molecule has 164 valence electrons. The number of benzene rings is 2. The van der Waals surface area contributed by atoms with Crippen LogP contribution < -0.4 is 0 Å². The van der Waals surface area contributed by atoms with Crippen LogP contribution in [0.25, 0.3) is 34.5 Å². The molecule has 0 saturated heterocycles. The van der Waals surface area contributed by atoms with Crippen molar-refractivity contribution in [1.29, 1.82) is 0 Å². The molecule has 3 heterocycles. The summed E-state index contributed by atoms with van der Waals surface area (Å²) in [5.74, 6) is 0. The second kappa shape index (κ2) is 10.3. The summed E-state index contributed by atoms with van der Waals surface area (Å²) < 4.78 is 0. The highest BCUT2D eigenvalue weighted by Crippen LogP contribution is 2.32. The molecule has 0 N–H and O–H groups in total. The van der Waals surface area contributed by atoms with Gasteiger partial charge in [-0.05, 0) is 48.4 Å². The van der Waals surface area contributed by atoms with Gasteiger partial charge < -0.3 is 0 Å². The van der Waals surface area contributed by atoms with Crippen molar-refractivity contribution in [3.05, 3.63) is 126 Å². The molecule has 0 aliphatic rings. The maximum atomic E-state index is 4.87. The van der Waals surface area contributed by atoms with Gasteiger partial charge in [-0.3, -0.25) is 9.97 Å². The lowest BCUT2D eigenvalue weighted by molar-refractivity contribution is 1.08. The molecule has 0 radical (unpaired) electrons. The Bertz CT molecular complexity index is 1420. The lowest BCUT2D eigenvalue weighted by atomic mass is 10.0. The summed E-state index contributed by atoms with van der Waals surface area (Å²) in [7, 11) is 0. The SMILES string of the molecule is Cc1cc(-c2ncc(-c3cccnc3)cc2/C=C/c2ccccc2)cnc1Sc1ccccc1. The average molecular weight is 458 g/mol. The third kappa shape index (κ3) is 5.13. The first kappa shape index (κ1) is 21.8. The fourth-order valence-corrected chi connectivity index (χ4v) is 4.53. The van der Waals surface area contributed by atoms with E-state index in [-0.39, 0.29) is 0 Å². The average Bonchev–Trinajstić information content (AvgIpc) is 2.90. The van der Waals surface area contributed by atoms with E-state index in [1.165, 1.54) is 4.90 Å². The van der Waals surface area contributed by atoms with Crippen LogP contribution in [0, 0.1) is 6.92 Å². The second-order valence-corrected chi connectivity index (χ2v) is 8.97. The van der Waals surface area contributed by atoms with Crippen LogP contribution in [0.15, 0.2) is 120 Å². The molecule has 0 unspecified atom stereocenters. The summed E-state index contributed by atoms with van der Waals surface area (Å²) in [6, 6.07) is 29.0. The highest BCUT2D eigenvalue weighted by molar-refractivity contribution is 7.99. The summed E-state index contributed by atoms with van der Waals surface area (Å²) in [5, 5.41) is 1.00. The van der Waals surface area contributed by atoms with Crippen molar-refractivity contribution < 1.29 is 0 Å². The standard InChI is InChI=1S/C30H23N3S/c1-22-17-27(21-33-30(22)34-28-12-6-3-7-13-28)29-24(15-14-23-9-4-2-5-10-23)18-26(20-32-29)25-11-8-16-31-19-25/h2-21H,1H3/b15-14+. The van der Waals surface area contributed by atoms with Crippen LogP contribution in [0.4, 0.5) is 0 Å². The summed E-state index contributed by atoms with van der Waals surface area (Å²) in [5.41, 5.74) is 7.29. The van der Waals surface area contributed by atoms with Gasteiger partial charge in [-0.1, -0.05) is 78.5 Å². The summed E-state index contributed by atoms with van der Waals surface area (Å²) >= 11 is 1.68. The Morgan fingerprint density at radius 1 is 0.676 bits per heavy atom. The summed E-state index contributed by atoms with van der Waals surface area (Å²) in [6.45, 7) is 2.10. The lowest BCUT2D eigenvalue weighted by Crippen LogP contribution is -1.94. The minimum absolute atomic E-state index is 0.909. The van der Waals surface area contributed by atoms with E-state index in [1.807, 2.05) is 61.1 Å². The first-order valence-electron chi connectivity index (χ1n) is 11.1. The minimum Gasteiger partial charge on any atom is -0.264 e. The fraction of sp³-hybridized carbons (Fsp3) is 0.0333. The van der Waals surface area contributed by atoms with E-state index in [4.69, 9.17) is 9.97 Å². The molecule has 3 aromatic heterocycles. The van der Waals surface area contributed by atoms with Crippen LogP contribution in [-0.4, -0.2) is 15.0 Å². The van der Waals surface area contributed by atoms with Gasteiger partial charge in [0.15, 0.2) is 0 Å². The van der Waals surface area contributed by atoms with Gasteiger partial charge in [0.2, 0.25) is 0 Å². The number of nitrogens with zero attached hydrogens (tertiary/aromatic N) is 3. The van der Waals surface area contributed by atoms with Crippen molar-refractivity contribution in [2.45, 2.75) is 16.8 Å². The van der Waals surface area contributed by atoms with Gasteiger partial charge in [0, 0.05) is 51.9 Å². The number of pyridine rings is 3. The Morgan fingerprint density at radius 2 is 1.44 bits per heavy atom. The van der Waals surface area contributed by atoms with Gasteiger partial charge >= 0.3 is 0 Å². The van der Waals surface area contributed by atoms with Crippen molar-refractivity contribution in [3.8, 4) is 22.4 Å². The molecule has 5 aromatic rings. The van der Waals surface area contributed by atoms with Crippen molar-refractivity contribution in [2.24, 2.45) is 0 Å². The Morgan fingerprint density at radius 3 is 2.18 bits per heavy atom. The first-order valence-corrected chi connectivity index (χ1v) is 11.9. The predicted molar refractivity (Wildman–Crippen MR) is 141 cm³/mol. The minimum atomic E-state index is 0.909. The Labute approximate surface area is 204 Å². The zero-order chi connectivity index (χ0) is 23.2. The maximum Gasteiger partial charge on any atom is 0.104 e. The topological polar surface area (TPSA) is 38.7 Å². The number of aryl methyl sites for hydroxylation is 1. The first-order chi connectivity index (χ1) is 16.8. The third-order valence-corrected chi connectivity index (χ3v) is 6.56. The molecule has 0 amide bonds. The van der Waals surface area contributed by atoms with Crippen LogP contribution >= 0.6 is 11.8 Å². The lowest BCUT2D eigenvalue weighted by Gasteiger charge is -2.11. The number of aromatic nitrogens is 3. The van der Waals surface area contributed by atoms with Crippen LogP contribution in [-0.2, 0) is 0 Å². The van der Waals surface area contributed by atoms with Crippen molar-refractivity contribution >= 4 is 23.9 Å². The van der Waals surface area contributed by atoms with E-state index in [0.29, 0.717) is 0 Å². The van der Waals surface area contributed by atoms with Gasteiger partial charge in [-0.2, -0.15) is 0 Å². The van der Waals surface area contributed by atoms with Crippen molar-refractivity contribution in [2.75, 3.05) is 0 Å². The highest BCUT2D eigenvalue weighted by Gasteiger charge is 2.11. The molecule has 0 bridgehead atoms. The molecule has 2 aromatic carbocycles. The number of hydrogen-bond donors (Lipinski definition) is 0. The highest BCUT2D eigenvalue weighted by atomic mass is 32.2. The van der Waals surface area contributed by atoms with Gasteiger partial charge in [0.25, 0.3) is 0 Å². The molecule has 0 aliphatic carbocycles. The Balaban J connectivity index is 1.53. The van der Waals surface area contributed by atoms with Crippen LogP contribution in [0.5, 0.6) is 0 Å². The van der Waals surface area contributed by atoms with Crippen LogP contribution in [0.1, 0.15) is 16.7 Å². The van der Waals surface area contributed by atoms with Gasteiger partial charge in [-0.15, -0.1) is 0 Å². The zero-order valence-corrected chi connectivity index (χ0v) is 19.6. The summed E-state index contributed by atoms with van der Waals surface area (Å²) in [4.78, 5) is 15.1. The normalized spacial score (nSPS) is 11.1. The largest absolute Gasteiger partial charge is 0.264 e. The molecule has 0 fully saturated rings. The van der Waals surface area contributed by atoms with E-state index in [2.05, 4.69) is 66.5 Å². The molecular weight excluding hydrogens is 434 g/mol. The van der Waals surface area contributed by atoms with Crippen molar-refractivity contribution in [1.82, 2.24) is 15.0 Å². The van der Waals surface area contributed by atoms with E-state index < -0.39 is 0 Å². The van der Waals surface area contributed by atoms with Crippen LogP contribution in [0.2, 0.25) is 0 Å². The van der Waals surface area contributed by atoms with Crippen LogP contribution in [0.3, 0.4) is 0 Å². The van der Waals surface area contributed by atoms with E-state index >= 15 is 0 Å². The molecule has 0 saturated carbocycles. The van der Waals surface area contributed by atoms with Crippen molar-refractivity contribution in [3.63, 3.8) is 0 Å². The quantitative estimate of drug-likeness (QED) is 0.260. The van der Waals surface area contributed by atoms with Gasteiger partial charge in [-0.25, -0.2) is 4.98 Å². The smallest absolute Gasteiger partial charge is 0.104 e. The predicted octanol–water partition coefficient (Wildman–Crippen LogP) is 7.84. The van der Waals surface area contributed by atoms with E-state index in [9.17, 15) is 0 Å². The number of rotatable bonds is 6. The fourth-order valence-electron chi connectivity index (χ4n) is 3.69. The molecule has 0 spiro atoms. The van der Waals surface area contributed by atoms with E-state index in [1.54, 1.807) is 18.0 Å². The summed E-state index contributed by atoms with van der Waals surface area (Å²) in [6.07, 6.45) is 11.7. The number of hydrogen-bond acceptors (Lipinski definition) is 4. The Kier molecular flexibility index (Phi) is 6.59. The van der Waals surface area contributed by atoms with Gasteiger partial charge in [0.05, 0.1) is 5.69 Å². The van der Waals surface area contributed by atoms with E-state index in [0.717, 1.165) is 44.1 Å². The monoisotopic (exact) mass is 457 g/mol. The molecule has 34 heavy (non-hydrogen) atoms. The Hall–Kier alpha value is -4.02. The molecule has 4 heteroatoms. The molecule has 5 rings (SSSR count). The molecule has 3 nitrogen and oxygen atoms in total. The molecule has 0 aliphatic heterocycles. The van der Waals surface area contributed by atoms with Gasteiger partial charge in [0.1, 0.15) is 5.03 Å². The molecule has 0 atom stereocenters.